The molecule has 34 heavy (non-hydrogen) atoms. The van der Waals surface area contributed by atoms with Crippen LogP contribution in [0.25, 0.3) is 11.0 Å². The predicted molar refractivity (Wildman–Crippen MR) is 128 cm³/mol. The number of hydrogen-bond donors (Lipinski definition) is 0. The molecule has 7 heteroatoms. The highest BCUT2D eigenvalue weighted by Gasteiger charge is 2.42. The second-order valence-corrected chi connectivity index (χ2v) is 8.89. The zero-order valence-corrected chi connectivity index (χ0v) is 20.1. The molecule has 0 saturated carbocycles. The molecule has 7 nitrogen and oxygen atoms in total. The molecule has 1 aliphatic heterocycles. The van der Waals surface area contributed by atoms with E-state index >= 15 is 0 Å². The molecule has 0 radical (unpaired) electrons. The second kappa shape index (κ2) is 9.43. The minimum absolute atomic E-state index is 0.0765. The summed E-state index contributed by atoms with van der Waals surface area (Å²) in [5.74, 6) is -0.695. The summed E-state index contributed by atoms with van der Waals surface area (Å²) in [6.45, 7) is 8.69. The highest BCUT2D eigenvalue weighted by molar-refractivity contribution is 5.99. The number of carbonyl (C=O) groups is 2. The fraction of sp³-hybridized carbons (Fsp3) is 0.370. The Morgan fingerprint density at radius 1 is 1.09 bits per heavy atom. The largest absolute Gasteiger partial charge is 0.465 e. The molecule has 0 spiro atoms. The van der Waals surface area contributed by atoms with E-state index in [2.05, 4.69) is 0 Å². The summed E-state index contributed by atoms with van der Waals surface area (Å²) in [6.07, 6.45) is 0.703. The zero-order valence-electron chi connectivity index (χ0n) is 20.1. The third-order valence-corrected chi connectivity index (χ3v) is 6.22. The lowest BCUT2D eigenvalue weighted by atomic mass is 9.96. The standard InChI is InChI=1S/C27H29NO6/c1-15(2)33-12-6-11-28-23(18-7-9-19(10-8-18)27(31)32-5)22-24(29)20-13-16(3)17(4)14-21(20)34-25(22)26(28)30/h7-10,13-15,23H,6,11-12H2,1-5H3/t23-/m0/s1. The van der Waals surface area contributed by atoms with E-state index in [0.717, 1.165) is 16.7 Å². The van der Waals surface area contributed by atoms with Crippen LogP contribution in [0.1, 0.15) is 69.5 Å². The van der Waals surface area contributed by atoms with E-state index in [-0.39, 0.29) is 23.2 Å². The highest BCUT2D eigenvalue weighted by atomic mass is 16.5. The van der Waals surface area contributed by atoms with Crippen molar-refractivity contribution in [2.45, 2.75) is 46.3 Å². The van der Waals surface area contributed by atoms with E-state index in [9.17, 15) is 14.4 Å². The number of methoxy groups -OCH3 is 1. The fourth-order valence-electron chi connectivity index (χ4n) is 4.33. The molecular formula is C27H29NO6. The first kappa shape index (κ1) is 23.7. The number of esters is 1. The van der Waals surface area contributed by atoms with Crippen LogP contribution in [-0.4, -0.2) is 43.1 Å². The average Bonchev–Trinajstić information content (AvgIpc) is 3.09. The third kappa shape index (κ3) is 4.23. The molecule has 1 aromatic heterocycles. The Balaban J connectivity index is 1.82. The van der Waals surface area contributed by atoms with Gasteiger partial charge in [-0.3, -0.25) is 9.59 Å². The Bertz CT molecular complexity index is 1310. The number of carbonyl (C=O) groups excluding carboxylic acids is 2. The molecule has 4 rings (SSSR count). The smallest absolute Gasteiger partial charge is 0.337 e. The van der Waals surface area contributed by atoms with Crippen LogP contribution < -0.4 is 5.43 Å². The Morgan fingerprint density at radius 2 is 1.76 bits per heavy atom. The van der Waals surface area contributed by atoms with Gasteiger partial charge >= 0.3 is 5.97 Å². The van der Waals surface area contributed by atoms with Crippen LogP contribution in [0, 0.1) is 13.8 Å². The maximum atomic E-state index is 13.7. The molecule has 0 bridgehead atoms. The summed E-state index contributed by atoms with van der Waals surface area (Å²) < 4.78 is 16.5. The Hall–Kier alpha value is -3.45. The predicted octanol–water partition coefficient (Wildman–Crippen LogP) is 4.56. The third-order valence-electron chi connectivity index (χ3n) is 6.22. The summed E-state index contributed by atoms with van der Waals surface area (Å²) in [5, 5.41) is 0.454. The minimum Gasteiger partial charge on any atom is -0.465 e. The van der Waals surface area contributed by atoms with Gasteiger partial charge in [-0.15, -0.1) is 0 Å². The first-order valence-corrected chi connectivity index (χ1v) is 11.4. The number of nitrogens with zero attached hydrogens (tertiary/aromatic N) is 1. The molecule has 2 heterocycles. The lowest BCUT2D eigenvalue weighted by molar-refractivity contribution is 0.0585. The average molecular weight is 464 g/mol. The lowest BCUT2D eigenvalue weighted by Crippen LogP contribution is -2.31. The van der Waals surface area contributed by atoms with Gasteiger partial charge in [0.1, 0.15) is 5.58 Å². The zero-order chi connectivity index (χ0) is 24.6. The Labute approximate surface area is 198 Å². The maximum absolute atomic E-state index is 13.7. The summed E-state index contributed by atoms with van der Waals surface area (Å²) in [6, 6.07) is 9.79. The van der Waals surface area contributed by atoms with Crippen molar-refractivity contribution in [3.05, 3.63) is 80.2 Å². The molecular weight excluding hydrogens is 434 g/mol. The van der Waals surface area contributed by atoms with Crippen molar-refractivity contribution in [2.75, 3.05) is 20.3 Å². The summed E-state index contributed by atoms with van der Waals surface area (Å²) in [4.78, 5) is 40.7. The molecule has 0 N–H and O–H groups in total. The van der Waals surface area contributed by atoms with Crippen molar-refractivity contribution in [1.29, 1.82) is 0 Å². The van der Waals surface area contributed by atoms with Gasteiger partial charge < -0.3 is 18.8 Å². The van der Waals surface area contributed by atoms with Crippen LogP contribution in [0.4, 0.5) is 0 Å². The monoisotopic (exact) mass is 463 g/mol. The number of hydrogen-bond acceptors (Lipinski definition) is 6. The van der Waals surface area contributed by atoms with Gasteiger partial charge in [0.2, 0.25) is 5.76 Å². The van der Waals surface area contributed by atoms with Gasteiger partial charge in [-0.05, 0) is 75.1 Å². The molecule has 0 fully saturated rings. The number of aryl methyl sites for hydroxylation is 2. The molecule has 1 aliphatic rings. The number of ether oxygens (including phenoxy) is 2. The molecule has 2 aromatic carbocycles. The Kier molecular flexibility index (Phi) is 6.57. The molecule has 1 amide bonds. The van der Waals surface area contributed by atoms with Gasteiger partial charge in [0.05, 0.1) is 35.8 Å². The normalized spacial score (nSPS) is 15.3. The number of rotatable bonds is 7. The molecule has 3 aromatic rings. The van der Waals surface area contributed by atoms with Crippen LogP contribution >= 0.6 is 0 Å². The van der Waals surface area contributed by atoms with Crippen molar-refractivity contribution >= 4 is 22.8 Å². The molecule has 0 unspecified atom stereocenters. The van der Waals surface area contributed by atoms with E-state index in [1.165, 1.54) is 7.11 Å². The van der Waals surface area contributed by atoms with Gasteiger partial charge in [0, 0.05) is 13.2 Å². The number of fused-ring (bicyclic) bond motifs is 2. The van der Waals surface area contributed by atoms with Crippen LogP contribution in [0.3, 0.4) is 0 Å². The lowest BCUT2D eigenvalue weighted by Gasteiger charge is -2.25. The van der Waals surface area contributed by atoms with E-state index in [1.54, 1.807) is 35.2 Å². The van der Waals surface area contributed by atoms with Crippen LogP contribution in [0.2, 0.25) is 0 Å². The SMILES string of the molecule is COC(=O)c1ccc([C@H]2c3c(oc4cc(C)c(C)cc4c3=O)C(=O)N2CCCOC(C)C)cc1. The van der Waals surface area contributed by atoms with E-state index in [4.69, 9.17) is 13.9 Å². The first-order chi connectivity index (χ1) is 16.2. The maximum Gasteiger partial charge on any atom is 0.337 e. The second-order valence-electron chi connectivity index (χ2n) is 8.89. The quantitative estimate of drug-likeness (QED) is 0.377. The van der Waals surface area contributed by atoms with Gasteiger partial charge in [0.25, 0.3) is 5.91 Å². The highest BCUT2D eigenvalue weighted by Crippen LogP contribution is 2.38. The summed E-state index contributed by atoms with van der Waals surface area (Å²) in [5.41, 5.74) is 3.60. The van der Waals surface area contributed by atoms with Crippen molar-refractivity contribution in [2.24, 2.45) is 0 Å². The van der Waals surface area contributed by atoms with Crippen LogP contribution in [-0.2, 0) is 9.47 Å². The van der Waals surface area contributed by atoms with Crippen molar-refractivity contribution in [1.82, 2.24) is 4.90 Å². The van der Waals surface area contributed by atoms with Gasteiger partial charge in [-0.25, -0.2) is 4.79 Å². The van der Waals surface area contributed by atoms with Crippen LogP contribution in [0.5, 0.6) is 0 Å². The van der Waals surface area contributed by atoms with Gasteiger partial charge in [-0.2, -0.15) is 0 Å². The fourth-order valence-corrected chi connectivity index (χ4v) is 4.33. The van der Waals surface area contributed by atoms with Crippen LogP contribution in [0.15, 0.2) is 45.6 Å². The Morgan fingerprint density at radius 3 is 2.41 bits per heavy atom. The first-order valence-electron chi connectivity index (χ1n) is 11.4. The van der Waals surface area contributed by atoms with Crippen molar-refractivity contribution in [3.8, 4) is 0 Å². The number of benzene rings is 2. The van der Waals surface area contributed by atoms with Gasteiger partial charge in [0.15, 0.2) is 5.43 Å². The molecule has 0 aliphatic carbocycles. The van der Waals surface area contributed by atoms with Crippen molar-refractivity contribution in [3.63, 3.8) is 0 Å². The molecule has 0 saturated heterocycles. The summed E-state index contributed by atoms with van der Waals surface area (Å²) >= 11 is 0. The van der Waals surface area contributed by atoms with Gasteiger partial charge in [-0.1, -0.05) is 12.1 Å². The molecule has 1 atom stereocenters. The molecule has 178 valence electrons. The van der Waals surface area contributed by atoms with E-state index in [0.29, 0.717) is 41.7 Å². The topological polar surface area (TPSA) is 86.0 Å². The van der Waals surface area contributed by atoms with E-state index < -0.39 is 12.0 Å². The van der Waals surface area contributed by atoms with Crippen molar-refractivity contribution < 1.29 is 23.5 Å². The minimum atomic E-state index is -0.615. The summed E-state index contributed by atoms with van der Waals surface area (Å²) in [7, 11) is 1.32. The number of amides is 1. The van der Waals surface area contributed by atoms with E-state index in [1.807, 2.05) is 33.8 Å².